The Morgan fingerprint density at radius 2 is 1.96 bits per heavy atom. The van der Waals surface area contributed by atoms with E-state index in [2.05, 4.69) is 29.5 Å². The van der Waals surface area contributed by atoms with Crippen LogP contribution in [0.25, 0.3) is 0 Å². The van der Waals surface area contributed by atoms with Gasteiger partial charge in [-0.05, 0) is 29.5 Å². The third kappa shape index (κ3) is 5.57. The lowest BCUT2D eigenvalue weighted by Gasteiger charge is -2.21. The number of nitrogens with one attached hydrogen (secondary N) is 2. The first-order valence-corrected chi connectivity index (χ1v) is 8.16. The molecule has 1 atom stereocenters. The zero-order valence-electron chi connectivity index (χ0n) is 14.5. The Hall–Kier alpha value is -2.56. The quantitative estimate of drug-likeness (QED) is 0.815. The van der Waals surface area contributed by atoms with Gasteiger partial charge in [-0.3, -0.25) is 0 Å². The number of nitrogens with zero attached hydrogens (tertiary/aromatic N) is 1. The zero-order chi connectivity index (χ0) is 17.4. The molecule has 2 rings (SSSR count). The number of ether oxygens (including phenoxy) is 1. The summed E-state index contributed by atoms with van der Waals surface area (Å²) in [7, 11) is 1.57. The lowest BCUT2D eigenvalue weighted by molar-refractivity contribution is 0.234. The van der Waals surface area contributed by atoms with Crippen LogP contribution in [0.15, 0.2) is 48.7 Å². The van der Waals surface area contributed by atoms with Gasteiger partial charge in [0, 0.05) is 18.8 Å². The maximum Gasteiger partial charge on any atom is 0.315 e. The highest BCUT2D eigenvalue weighted by Gasteiger charge is 2.15. The van der Waals surface area contributed by atoms with Crippen LogP contribution in [0.3, 0.4) is 0 Å². The number of methoxy groups -OCH3 is 1. The first-order valence-electron chi connectivity index (χ1n) is 8.16. The summed E-state index contributed by atoms with van der Waals surface area (Å²) in [5.74, 6) is 1.02. The Labute approximate surface area is 143 Å². The fraction of sp³-hybridized carbons (Fsp3) is 0.368. The molecule has 0 aliphatic rings. The molecule has 0 radical (unpaired) electrons. The average molecular weight is 327 g/mol. The number of carbonyl (C=O) groups is 1. The SMILES string of the molecule is COc1cc(CNC(=O)NC(CC(C)C)c2ccccc2)ccn1. The van der Waals surface area contributed by atoms with Gasteiger partial charge in [0.15, 0.2) is 0 Å². The van der Waals surface area contributed by atoms with E-state index in [0.29, 0.717) is 18.3 Å². The predicted molar refractivity (Wildman–Crippen MR) is 94.8 cm³/mol. The molecule has 0 aliphatic heterocycles. The fourth-order valence-electron chi connectivity index (χ4n) is 2.50. The second-order valence-electron chi connectivity index (χ2n) is 6.13. The molecule has 0 spiro atoms. The third-order valence-corrected chi connectivity index (χ3v) is 3.68. The molecule has 1 unspecified atom stereocenters. The molecule has 0 bridgehead atoms. The molecule has 2 N–H and O–H groups in total. The van der Waals surface area contributed by atoms with Crippen LogP contribution < -0.4 is 15.4 Å². The Balaban J connectivity index is 1.94. The molecular weight excluding hydrogens is 302 g/mol. The fourth-order valence-corrected chi connectivity index (χ4v) is 2.50. The topological polar surface area (TPSA) is 63.2 Å². The molecule has 24 heavy (non-hydrogen) atoms. The van der Waals surface area contributed by atoms with E-state index >= 15 is 0 Å². The molecule has 0 saturated heterocycles. The van der Waals surface area contributed by atoms with E-state index in [9.17, 15) is 4.79 Å². The Morgan fingerprint density at radius 1 is 1.21 bits per heavy atom. The molecule has 0 fully saturated rings. The Kier molecular flexibility index (Phi) is 6.61. The van der Waals surface area contributed by atoms with E-state index in [1.807, 2.05) is 42.5 Å². The molecule has 128 valence electrons. The second-order valence-corrected chi connectivity index (χ2v) is 6.13. The van der Waals surface area contributed by atoms with Gasteiger partial charge in [0.05, 0.1) is 13.2 Å². The van der Waals surface area contributed by atoms with E-state index in [1.54, 1.807) is 13.3 Å². The first-order chi connectivity index (χ1) is 11.6. The summed E-state index contributed by atoms with van der Waals surface area (Å²) in [5, 5.41) is 5.96. The van der Waals surface area contributed by atoms with Crippen molar-refractivity contribution in [3.05, 3.63) is 59.8 Å². The number of hydrogen-bond donors (Lipinski definition) is 2. The highest BCUT2D eigenvalue weighted by atomic mass is 16.5. The number of rotatable bonds is 7. The normalized spacial score (nSPS) is 11.8. The number of benzene rings is 1. The van der Waals surface area contributed by atoms with Crippen molar-refractivity contribution < 1.29 is 9.53 Å². The van der Waals surface area contributed by atoms with Crippen molar-refractivity contribution in [2.45, 2.75) is 32.9 Å². The molecule has 0 aliphatic carbocycles. The van der Waals surface area contributed by atoms with Gasteiger partial charge in [-0.1, -0.05) is 44.2 Å². The Bertz CT molecular complexity index is 644. The second kappa shape index (κ2) is 8.91. The van der Waals surface area contributed by atoms with Crippen LogP contribution in [-0.4, -0.2) is 18.1 Å². The number of hydrogen-bond acceptors (Lipinski definition) is 3. The highest BCUT2D eigenvalue weighted by molar-refractivity contribution is 5.74. The third-order valence-electron chi connectivity index (χ3n) is 3.68. The van der Waals surface area contributed by atoms with Crippen molar-refractivity contribution in [3.8, 4) is 5.88 Å². The van der Waals surface area contributed by atoms with E-state index in [4.69, 9.17) is 4.74 Å². The van der Waals surface area contributed by atoms with Gasteiger partial charge in [-0.25, -0.2) is 9.78 Å². The van der Waals surface area contributed by atoms with Gasteiger partial charge < -0.3 is 15.4 Å². The van der Waals surface area contributed by atoms with E-state index in [0.717, 1.165) is 17.5 Å². The maximum atomic E-state index is 12.3. The molecule has 1 aromatic heterocycles. The number of amides is 2. The highest BCUT2D eigenvalue weighted by Crippen LogP contribution is 2.20. The van der Waals surface area contributed by atoms with Gasteiger partial charge in [0.25, 0.3) is 0 Å². The van der Waals surface area contributed by atoms with Crippen LogP contribution >= 0.6 is 0 Å². The summed E-state index contributed by atoms with van der Waals surface area (Å²) in [4.78, 5) is 16.3. The molecule has 5 nitrogen and oxygen atoms in total. The van der Waals surface area contributed by atoms with Crippen molar-refractivity contribution in [2.75, 3.05) is 7.11 Å². The monoisotopic (exact) mass is 327 g/mol. The van der Waals surface area contributed by atoms with Crippen LogP contribution in [0, 0.1) is 5.92 Å². The predicted octanol–water partition coefficient (Wildman–Crippen LogP) is 3.68. The summed E-state index contributed by atoms with van der Waals surface area (Å²) in [6.07, 6.45) is 2.56. The van der Waals surface area contributed by atoms with E-state index < -0.39 is 0 Å². The largest absolute Gasteiger partial charge is 0.481 e. The first kappa shape index (κ1) is 17.8. The Morgan fingerprint density at radius 3 is 2.62 bits per heavy atom. The number of pyridine rings is 1. The number of carbonyl (C=O) groups excluding carboxylic acids is 1. The van der Waals surface area contributed by atoms with Gasteiger partial charge in [-0.2, -0.15) is 0 Å². The van der Waals surface area contributed by atoms with E-state index in [1.165, 1.54) is 0 Å². The molecular formula is C19H25N3O2. The van der Waals surface area contributed by atoms with Crippen LogP contribution in [0.5, 0.6) is 5.88 Å². The van der Waals surface area contributed by atoms with Crippen LogP contribution in [-0.2, 0) is 6.54 Å². The van der Waals surface area contributed by atoms with Crippen molar-refractivity contribution in [1.29, 1.82) is 0 Å². The number of urea groups is 1. The van der Waals surface area contributed by atoms with Gasteiger partial charge >= 0.3 is 6.03 Å². The maximum absolute atomic E-state index is 12.3. The summed E-state index contributed by atoms with van der Waals surface area (Å²) in [5.41, 5.74) is 2.06. The number of aromatic nitrogens is 1. The van der Waals surface area contributed by atoms with Gasteiger partial charge in [0.2, 0.25) is 5.88 Å². The van der Waals surface area contributed by atoms with Crippen LogP contribution in [0.4, 0.5) is 4.79 Å². The molecule has 2 amide bonds. The molecule has 1 aromatic carbocycles. The minimum absolute atomic E-state index is 0.00169. The lowest BCUT2D eigenvalue weighted by atomic mass is 9.97. The summed E-state index contributed by atoms with van der Waals surface area (Å²) < 4.78 is 5.09. The minimum atomic E-state index is -0.180. The van der Waals surface area contributed by atoms with Crippen molar-refractivity contribution in [3.63, 3.8) is 0 Å². The summed E-state index contributed by atoms with van der Waals surface area (Å²) in [6, 6.07) is 13.5. The lowest BCUT2D eigenvalue weighted by Crippen LogP contribution is -2.38. The smallest absolute Gasteiger partial charge is 0.315 e. The van der Waals surface area contributed by atoms with Crippen molar-refractivity contribution in [2.24, 2.45) is 5.92 Å². The average Bonchev–Trinajstić information content (AvgIpc) is 2.60. The molecule has 2 aromatic rings. The van der Waals surface area contributed by atoms with Gasteiger partial charge in [-0.15, -0.1) is 0 Å². The van der Waals surface area contributed by atoms with Crippen molar-refractivity contribution >= 4 is 6.03 Å². The summed E-state index contributed by atoms with van der Waals surface area (Å²) in [6.45, 7) is 4.73. The zero-order valence-corrected chi connectivity index (χ0v) is 14.5. The van der Waals surface area contributed by atoms with Crippen LogP contribution in [0.2, 0.25) is 0 Å². The van der Waals surface area contributed by atoms with E-state index in [-0.39, 0.29) is 12.1 Å². The van der Waals surface area contributed by atoms with Gasteiger partial charge in [0.1, 0.15) is 0 Å². The molecule has 0 saturated carbocycles. The van der Waals surface area contributed by atoms with Crippen molar-refractivity contribution in [1.82, 2.24) is 15.6 Å². The molecule has 5 heteroatoms. The molecule has 1 heterocycles. The van der Waals surface area contributed by atoms with Crippen LogP contribution in [0.1, 0.15) is 37.4 Å². The minimum Gasteiger partial charge on any atom is -0.481 e. The standard InChI is InChI=1S/C19H25N3O2/c1-14(2)11-17(16-7-5-4-6-8-16)22-19(23)21-13-15-9-10-20-18(12-15)24-3/h4-10,12,14,17H,11,13H2,1-3H3,(H2,21,22,23). The summed E-state index contributed by atoms with van der Waals surface area (Å²) >= 11 is 0.